The summed E-state index contributed by atoms with van der Waals surface area (Å²) in [6.07, 6.45) is -0.636. The molecule has 0 aliphatic carbocycles. The highest BCUT2D eigenvalue weighted by Crippen LogP contribution is 2.22. The summed E-state index contributed by atoms with van der Waals surface area (Å²) in [6, 6.07) is 9.50. The lowest BCUT2D eigenvalue weighted by Gasteiger charge is -2.25. The number of cyclic esters (lactones) is 2. The third-order valence-corrected chi connectivity index (χ3v) is 5.37. The predicted molar refractivity (Wildman–Crippen MR) is 113 cm³/mol. The maximum absolute atomic E-state index is 12.7. The van der Waals surface area contributed by atoms with Gasteiger partial charge in [-0.2, -0.15) is 0 Å². The van der Waals surface area contributed by atoms with E-state index >= 15 is 0 Å². The SMILES string of the molecule is COc1ccnc(C(=O)NC2COC(=O)C(Cc3ccccc3)C(O)C(C)OC2=O)c1C. The van der Waals surface area contributed by atoms with Crippen molar-refractivity contribution in [1.82, 2.24) is 10.3 Å². The van der Waals surface area contributed by atoms with Gasteiger partial charge in [0.05, 0.1) is 13.0 Å². The Morgan fingerprint density at radius 2 is 1.94 bits per heavy atom. The zero-order valence-electron chi connectivity index (χ0n) is 18.1. The lowest BCUT2D eigenvalue weighted by molar-refractivity contribution is -0.159. The number of nitrogens with one attached hydrogen (secondary N) is 1. The Bertz CT molecular complexity index is 980. The number of carbonyl (C=O) groups is 3. The summed E-state index contributed by atoms with van der Waals surface area (Å²) in [5.41, 5.74) is 1.39. The zero-order valence-corrected chi connectivity index (χ0v) is 18.1. The fourth-order valence-corrected chi connectivity index (χ4v) is 3.51. The molecular weight excluding hydrogens is 416 g/mol. The molecule has 0 saturated carbocycles. The number of rotatable bonds is 5. The monoisotopic (exact) mass is 442 g/mol. The van der Waals surface area contributed by atoms with Crippen LogP contribution in [0.15, 0.2) is 42.6 Å². The maximum atomic E-state index is 12.7. The number of pyridine rings is 1. The number of esters is 2. The standard InChI is InChI=1S/C23H26N2O7/c1-13-18(30-3)9-10-24-19(13)21(27)25-17-12-31-22(28)16(11-15-7-5-4-6-8-15)20(26)14(2)32-23(17)29/h4-10,14,16-17,20,26H,11-12H2,1-3H3,(H,25,27). The molecule has 0 spiro atoms. The Hall–Kier alpha value is -3.46. The Morgan fingerprint density at radius 3 is 2.62 bits per heavy atom. The van der Waals surface area contributed by atoms with E-state index in [1.165, 1.54) is 20.2 Å². The molecule has 32 heavy (non-hydrogen) atoms. The first-order valence-electron chi connectivity index (χ1n) is 10.2. The normalized spacial score (nSPS) is 23.8. The van der Waals surface area contributed by atoms with E-state index < -0.39 is 48.6 Å². The Balaban J connectivity index is 1.77. The maximum Gasteiger partial charge on any atom is 0.332 e. The third-order valence-electron chi connectivity index (χ3n) is 5.37. The van der Waals surface area contributed by atoms with Crippen LogP contribution < -0.4 is 10.1 Å². The molecule has 1 aliphatic rings. The molecule has 9 nitrogen and oxygen atoms in total. The molecule has 170 valence electrons. The van der Waals surface area contributed by atoms with Gasteiger partial charge in [-0.25, -0.2) is 4.79 Å². The highest BCUT2D eigenvalue weighted by molar-refractivity contribution is 5.97. The van der Waals surface area contributed by atoms with E-state index in [9.17, 15) is 19.5 Å². The number of ether oxygens (including phenoxy) is 3. The van der Waals surface area contributed by atoms with Gasteiger partial charge in [0.25, 0.3) is 5.91 Å². The quantitative estimate of drug-likeness (QED) is 0.662. The Morgan fingerprint density at radius 1 is 1.22 bits per heavy atom. The molecule has 1 aromatic carbocycles. The molecule has 4 atom stereocenters. The van der Waals surface area contributed by atoms with Crippen LogP contribution >= 0.6 is 0 Å². The van der Waals surface area contributed by atoms with Gasteiger partial charge in [-0.1, -0.05) is 30.3 Å². The van der Waals surface area contributed by atoms with Gasteiger partial charge >= 0.3 is 11.9 Å². The fraction of sp³-hybridized carbons (Fsp3) is 0.391. The van der Waals surface area contributed by atoms with E-state index in [0.717, 1.165) is 5.56 Å². The Labute approximate surface area is 185 Å². The van der Waals surface area contributed by atoms with Crippen LogP contribution in [0, 0.1) is 12.8 Å². The van der Waals surface area contributed by atoms with Crippen molar-refractivity contribution in [3.63, 3.8) is 0 Å². The lowest BCUT2D eigenvalue weighted by atomic mass is 9.91. The van der Waals surface area contributed by atoms with Gasteiger partial charge in [0.15, 0.2) is 6.04 Å². The van der Waals surface area contributed by atoms with Gasteiger partial charge in [0.2, 0.25) is 0 Å². The highest BCUT2D eigenvalue weighted by Gasteiger charge is 2.38. The second-order valence-electron chi connectivity index (χ2n) is 7.57. The molecule has 0 bridgehead atoms. The summed E-state index contributed by atoms with van der Waals surface area (Å²) in [5, 5.41) is 13.2. The number of nitrogens with zero attached hydrogens (tertiary/aromatic N) is 1. The number of benzene rings is 1. The number of aromatic nitrogens is 1. The summed E-state index contributed by atoms with van der Waals surface area (Å²) in [5.74, 6) is -2.61. The van der Waals surface area contributed by atoms with E-state index in [-0.39, 0.29) is 12.1 Å². The summed E-state index contributed by atoms with van der Waals surface area (Å²) in [7, 11) is 1.47. The summed E-state index contributed by atoms with van der Waals surface area (Å²) >= 11 is 0. The lowest BCUT2D eigenvalue weighted by Crippen LogP contribution is -2.46. The second kappa shape index (κ2) is 10.2. The first kappa shape index (κ1) is 23.2. The molecule has 4 unspecified atom stereocenters. The molecule has 1 fully saturated rings. The average Bonchev–Trinajstić information content (AvgIpc) is 2.82. The van der Waals surface area contributed by atoms with E-state index in [1.54, 1.807) is 13.0 Å². The smallest absolute Gasteiger partial charge is 0.332 e. The molecule has 1 aromatic heterocycles. The first-order valence-corrected chi connectivity index (χ1v) is 10.2. The largest absolute Gasteiger partial charge is 0.496 e. The number of methoxy groups -OCH3 is 1. The minimum atomic E-state index is -1.27. The molecule has 2 heterocycles. The van der Waals surface area contributed by atoms with Crippen molar-refractivity contribution in [3.8, 4) is 5.75 Å². The number of hydrogen-bond acceptors (Lipinski definition) is 8. The number of hydrogen-bond donors (Lipinski definition) is 2. The third kappa shape index (κ3) is 5.23. The minimum Gasteiger partial charge on any atom is -0.496 e. The molecular formula is C23H26N2O7. The van der Waals surface area contributed by atoms with Crippen molar-refractivity contribution in [2.45, 2.75) is 38.5 Å². The second-order valence-corrected chi connectivity index (χ2v) is 7.57. The molecule has 9 heteroatoms. The first-order chi connectivity index (χ1) is 15.3. The summed E-state index contributed by atoms with van der Waals surface area (Å²) < 4.78 is 15.8. The van der Waals surface area contributed by atoms with Crippen molar-refractivity contribution in [2.75, 3.05) is 13.7 Å². The van der Waals surface area contributed by atoms with Crippen LogP contribution in [0.1, 0.15) is 28.5 Å². The minimum absolute atomic E-state index is 0.0679. The number of amides is 1. The zero-order chi connectivity index (χ0) is 23.3. The van der Waals surface area contributed by atoms with Crippen LogP contribution in [-0.4, -0.2) is 59.9 Å². The Kier molecular flexibility index (Phi) is 7.42. The van der Waals surface area contributed by atoms with Gasteiger partial charge in [-0.05, 0) is 31.9 Å². The predicted octanol–water partition coefficient (Wildman–Crippen LogP) is 1.21. The van der Waals surface area contributed by atoms with Crippen LogP contribution in [0.4, 0.5) is 0 Å². The van der Waals surface area contributed by atoms with Crippen LogP contribution in [0.2, 0.25) is 0 Å². The molecule has 2 aromatic rings. The van der Waals surface area contributed by atoms with E-state index in [0.29, 0.717) is 11.3 Å². The van der Waals surface area contributed by atoms with Crippen LogP contribution in [0.25, 0.3) is 0 Å². The van der Waals surface area contributed by atoms with Crippen molar-refractivity contribution < 1.29 is 33.7 Å². The fourth-order valence-electron chi connectivity index (χ4n) is 3.51. The molecule has 1 aliphatic heterocycles. The van der Waals surface area contributed by atoms with Crippen molar-refractivity contribution in [2.24, 2.45) is 5.92 Å². The average molecular weight is 442 g/mol. The molecule has 1 amide bonds. The van der Waals surface area contributed by atoms with Crippen molar-refractivity contribution >= 4 is 17.8 Å². The molecule has 3 rings (SSSR count). The van der Waals surface area contributed by atoms with E-state index in [4.69, 9.17) is 14.2 Å². The van der Waals surface area contributed by atoms with Crippen LogP contribution in [0.5, 0.6) is 5.75 Å². The van der Waals surface area contributed by atoms with Gasteiger partial charge in [-0.3, -0.25) is 14.6 Å². The number of carbonyl (C=O) groups excluding carboxylic acids is 3. The molecule has 2 N–H and O–H groups in total. The van der Waals surface area contributed by atoms with Crippen molar-refractivity contribution in [3.05, 3.63) is 59.4 Å². The summed E-state index contributed by atoms with van der Waals surface area (Å²) in [4.78, 5) is 42.2. The van der Waals surface area contributed by atoms with Crippen LogP contribution in [0.3, 0.4) is 0 Å². The number of aliphatic hydroxyl groups excluding tert-OH is 1. The highest BCUT2D eigenvalue weighted by atomic mass is 16.6. The van der Waals surface area contributed by atoms with Gasteiger partial charge in [-0.15, -0.1) is 0 Å². The van der Waals surface area contributed by atoms with Gasteiger partial charge < -0.3 is 24.6 Å². The van der Waals surface area contributed by atoms with Crippen molar-refractivity contribution in [1.29, 1.82) is 0 Å². The van der Waals surface area contributed by atoms with E-state index in [1.807, 2.05) is 30.3 Å². The van der Waals surface area contributed by atoms with Crippen LogP contribution in [-0.2, 0) is 25.5 Å². The van der Waals surface area contributed by atoms with E-state index in [2.05, 4.69) is 10.3 Å². The summed E-state index contributed by atoms with van der Waals surface area (Å²) in [6.45, 7) is 2.72. The molecule has 1 saturated heterocycles. The van der Waals surface area contributed by atoms with Gasteiger partial charge in [0.1, 0.15) is 30.3 Å². The topological polar surface area (TPSA) is 124 Å². The van der Waals surface area contributed by atoms with Gasteiger partial charge in [0, 0.05) is 11.8 Å². The molecule has 0 radical (unpaired) electrons. The number of aliphatic hydroxyl groups is 1.